The molecule has 0 aliphatic heterocycles. The molecule has 0 spiro atoms. The molecule has 0 fully saturated rings. The van der Waals surface area contributed by atoms with Crippen molar-refractivity contribution in [1.29, 1.82) is 0 Å². The maximum Gasteiger partial charge on any atom is 0.252 e. The molecular formula is C13H17Br2NO. The lowest BCUT2D eigenvalue weighted by molar-refractivity contribution is 0.0933. The molecule has 0 radical (unpaired) electrons. The number of carbonyl (C=O) groups excluding carboxylic acids is 1. The molecule has 2 nitrogen and oxygen atoms in total. The summed E-state index contributed by atoms with van der Waals surface area (Å²) in [4.78, 5) is 12.1. The third-order valence-corrected chi connectivity index (χ3v) is 3.82. The van der Waals surface area contributed by atoms with Gasteiger partial charge < -0.3 is 5.32 Å². The van der Waals surface area contributed by atoms with E-state index < -0.39 is 0 Å². The molecule has 17 heavy (non-hydrogen) atoms. The number of nitrogens with one attached hydrogen (secondary N) is 1. The fourth-order valence-electron chi connectivity index (χ4n) is 1.66. The first-order chi connectivity index (χ1) is 8.08. The summed E-state index contributed by atoms with van der Waals surface area (Å²) in [7, 11) is 0. The third kappa shape index (κ3) is 4.43. The fourth-order valence-corrected chi connectivity index (χ4v) is 2.45. The zero-order valence-electron chi connectivity index (χ0n) is 10.1. The molecule has 1 unspecified atom stereocenters. The van der Waals surface area contributed by atoms with E-state index in [0.717, 1.165) is 28.2 Å². The highest BCUT2D eigenvalue weighted by Gasteiger charge is 2.14. The van der Waals surface area contributed by atoms with E-state index in [-0.39, 0.29) is 11.9 Å². The Hall–Kier alpha value is -0.350. The average Bonchev–Trinajstić information content (AvgIpc) is 2.31. The van der Waals surface area contributed by atoms with Crippen LogP contribution in [0.1, 0.15) is 43.5 Å². The summed E-state index contributed by atoms with van der Waals surface area (Å²) in [5.41, 5.74) is 0.675. The van der Waals surface area contributed by atoms with E-state index in [1.54, 1.807) is 0 Å². The van der Waals surface area contributed by atoms with Crippen molar-refractivity contribution in [3.63, 3.8) is 0 Å². The van der Waals surface area contributed by atoms with Gasteiger partial charge in [0.25, 0.3) is 5.91 Å². The van der Waals surface area contributed by atoms with Crippen molar-refractivity contribution >= 4 is 37.8 Å². The highest BCUT2D eigenvalue weighted by molar-refractivity contribution is 9.11. The van der Waals surface area contributed by atoms with Crippen LogP contribution in [0.25, 0.3) is 0 Å². The smallest absolute Gasteiger partial charge is 0.252 e. The van der Waals surface area contributed by atoms with Gasteiger partial charge >= 0.3 is 0 Å². The number of hydrogen-bond acceptors (Lipinski definition) is 1. The van der Waals surface area contributed by atoms with Gasteiger partial charge in [-0.25, -0.2) is 0 Å². The van der Waals surface area contributed by atoms with Gasteiger partial charge in [0, 0.05) is 15.0 Å². The Bertz CT molecular complexity index is 393. The lowest BCUT2D eigenvalue weighted by Crippen LogP contribution is -2.34. The van der Waals surface area contributed by atoms with Gasteiger partial charge in [0.15, 0.2) is 0 Å². The summed E-state index contributed by atoms with van der Waals surface area (Å²) in [6, 6.07) is 5.88. The highest BCUT2D eigenvalue weighted by Crippen LogP contribution is 2.21. The van der Waals surface area contributed by atoms with E-state index in [1.807, 2.05) is 18.2 Å². The largest absolute Gasteiger partial charge is 0.349 e. The minimum atomic E-state index is -0.0153. The number of carbonyl (C=O) groups is 1. The summed E-state index contributed by atoms with van der Waals surface area (Å²) in [5, 5.41) is 3.06. The summed E-state index contributed by atoms with van der Waals surface area (Å²) in [6.07, 6.45) is 3.07. The van der Waals surface area contributed by atoms with Crippen LogP contribution in [0.4, 0.5) is 0 Å². The number of benzene rings is 1. The predicted molar refractivity (Wildman–Crippen MR) is 78.3 cm³/mol. The number of rotatable bonds is 5. The molecule has 0 heterocycles. The minimum Gasteiger partial charge on any atom is -0.349 e. The molecule has 1 atom stereocenters. The highest BCUT2D eigenvalue weighted by atomic mass is 79.9. The molecule has 4 heteroatoms. The van der Waals surface area contributed by atoms with Gasteiger partial charge in [0.2, 0.25) is 0 Å². The van der Waals surface area contributed by atoms with Crippen LogP contribution in [-0.4, -0.2) is 11.9 Å². The van der Waals surface area contributed by atoms with Crippen molar-refractivity contribution in [2.45, 2.75) is 39.2 Å². The Balaban J connectivity index is 2.78. The van der Waals surface area contributed by atoms with E-state index in [0.29, 0.717) is 5.56 Å². The molecule has 0 bridgehead atoms. The van der Waals surface area contributed by atoms with Crippen LogP contribution in [0.2, 0.25) is 0 Å². The summed E-state index contributed by atoms with van der Waals surface area (Å²) >= 11 is 6.78. The second-order valence-electron chi connectivity index (χ2n) is 3.99. The van der Waals surface area contributed by atoms with Crippen LogP contribution < -0.4 is 5.32 Å². The minimum absolute atomic E-state index is 0.0153. The summed E-state index contributed by atoms with van der Waals surface area (Å²) in [6.45, 7) is 4.22. The molecule has 1 N–H and O–H groups in total. The van der Waals surface area contributed by atoms with Crippen LogP contribution in [0, 0.1) is 0 Å². The molecular weight excluding hydrogens is 346 g/mol. The molecule has 0 aromatic heterocycles. The van der Waals surface area contributed by atoms with Crippen LogP contribution in [0.3, 0.4) is 0 Å². The molecule has 0 aliphatic rings. The topological polar surface area (TPSA) is 29.1 Å². The second-order valence-corrected chi connectivity index (χ2v) is 5.76. The standard InChI is InChI=1S/C13H17Br2NO/c1-3-5-10(4-2)16-13(17)11-8-9(14)6-7-12(11)15/h6-8,10H,3-5H2,1-2H3,(H,16,17). The molecule has 1 amide bonds. The summed E-state index contributed by atoms with van der Waals surface area (Å²) in [5.74, 6) is -0.0153. The second kappa shape index (κ2) is 7.17. The molecule has 0 aliphatic carbocycles. The molecule has 1 rings (SSSR count). The lowest BCUT2D eigenvalue weighted by atomic mass is 10.1. The Kier molecular flexibility index (Phi) is 6.20. The molecule has 1 aromatic carbocycles. The molecule has 0 saturated heterocycles. The molecule has 1 aromatic rings. The van der Waals surface area contributed by atoms with E-state index in [9.17, 15) is 4.79 Å². The molecule has 94 valence electrons. The van der Waals surface area contributed by atoms with E-state index in [2.05, 4.69) is 51.0 Å². The van der Waals surface area contributed by atoms with Crippen molar-refractivity contribution in [2.24, 2.45) is 0 Å². The Morgan fingerprint density at radius 3 is 2.65 bits per heavy atom. The van der Waals surface area contributed by atoms with Crippen molar-refractivity contribution in [1.82, 2.24) is 5.32 Å². The monoisotopic (exact) mass is 361 g/mol. The van der Waals surface area contributed by atoms with Crippen LogP contribution >= 0.6 is 31.9 Å². The SMILES string of the molecule is CCCC(CC)NC(=O)c1cc(Br)ccc1Br. The van der Waals surface area contributed by atoms with Crippen molar-refractivity contribution in [3.8, 4) is 0 Å². The zero-order valence-corrected chi connectivity index (χ0v) is 13.3. The van der Waals surface area contributed by atoms with E-state index in [1.165, 1.54) is 0 Å². The number of halogens is 2. The molecule has 0 saturated carbocycles. The van der Waals surface area contributed by atoms with Gasteiger partial charge in [0.1, 0.15) is 0 Å². The van der Waals surface area contributed by atoms with E-state index in [4.69, 9.17) is 0 Å². The Morgan fingerprint density at radius 1 is 1.35 bits per heavy atom. The number of amides is 1. The third-order valence-electron chi connectivity index (χ3n) is 2.64. The Morgan fingerprint density at radius 2 is 2.06 bits per heavy atom. The first-order valence-electron chi connectivity index (χ1n) is 5.84. The van der Waals surface area contributed by atoms with Crippen LogP contribution in [0.15, 0.2) is 27.1 Å². The average molecular weight is 363 g/mol. The van der Waals surface area contributed by atoms with Crippen LogP contribution in [-0.2, 0) is 0 Å². The first-order valence-corrected chi connectivity index (χ1v) is 7.43. The van der Waals surface area contributed by atoms with Gasteiger partial charge in [-0.1, -0.05) is 36.2 Å². The van der Waals surface area contributed by atoms with Gasteiger partial charge in [-0.3, -0.25) is 4.79 Å². The van der Waals surface area contributed by atoms with Gasteiger partial charge in [-0.05, 0) is 47.0 Å². The van der Waals surface area contributed by atoms with Crippen molar-refractivity contribution < 1.29 is 4.79 Å². The summed E-state index contributed by atoms with van der Waals surface area (Å²) < 4.78 is 1.74. The van der Waals surface area contributed by atoms with Gasteiger partial charge in [-0.2, -0.15) is 0 Å². The maximum absolute atomic E-state index is 12.1. The maximum atomic E-state index is 12.1. The van der Waals surface area contributed by atoms with Gasteiger partial charge in [-0.15, -0.1) is 0 Å². The quantitative estimate of drug-likeness (QED) is 0.819. The zero-order chi connectivity index (χ0) is 12.8. The van der Waals surface area contributed by atoms with Crippen LogP contribution in [0.5, 0.6) is 0 Å². The normalized spacial score (nSPS) is 12.2. The van der Waals surface area contributed by atoms with Gasteiger partial charge in [0.05, 0.1) is 5.56 Å². The first kappa shape index (κ1) is 14.7. The van der Waals surface area contributed by atoms with E-state index >= 15 is 0 Å². The lowest BCUT2D eigenvalue weighted by Gasteiger charge is -2.16. The predicted octanol–water partition coefficient (Wildman–Crippen LogP) is 4.52. The Labute approximate surface area is 119 Å². The number of hydrogen-bond donors (Lipinski definition) is 1. The fraction of sp³-hybridized carbons (Fsp3) is 0.462. The van der Waals surface area contributed by atoms with Crippen molar-refractivity contribution in [2.75, 3.05) is 0 Å². The van der Waals surface area contributed by atoms with Crippen molar-refractivity contribution in [3.05, 3.63) is 32.7 Å².